The van der Waals surface area contributed by atoms with Crippen LogP contribution in [0.3, 0.4) is 0 Å². The summed E-state index contributed by atoms with van der Waals surface area (Å²) in [6.07, 6.45) is 0.758. The van der Waals surface area contributed by atoms with Gasteiger partial charge in [0.1, 0.15) is 6.61 Å². The lowest BCUT2D eigenvalue weighted by atomic mass is 9.94. The van der Waals surface area contributed by atoms with Crippen molar-refractivity contribution in [3.05, 3.63) is 95.6 Å². The average Bonchev–Trinajstić information content (AvgIpc) is 3.31. The highest BCUT2D eigenvalue weighted by Crippen LogP contribution is 2.44. The summed E-state index contributed by atoms with van der Waals surface area (Å²) < 4.78 is 5.74. The number of amides is 1. The van der Waals surface area contributed by atoms with Gasteiger partial charge in [-0.1, -0.05) is 78.9 Å². The van der Waals surface area contributed by atoms with Crippen molar-refractivity contribution in [2.45, 2.75) is 24.4 Å². The van der Waals surface area contributed by atoms with E-state index in [0.717, 1.165) is 5.56 Å². The van der Waals surface area contributed by atoms with Crippen LogP contribution in [0.15, 0.2) is 78.9 Å². The molecule has 2 aliphatic rings. The molecule has 1 aliphatic carbocycles. The van der Waals surface area contributed by atoms with Crippen LogP contribution in [0.5, 0.6) is 0 Å². The van der Waals surface area contributed by atoms with E-state index < -0.39 is 5.60 Å². The SMILES string of the molecule is O=C(OCC1c2ccccc2-c2ccccc21)N1CCC(O)(Cc2ccccc2)C1. The second-order valence-corrected chi connectivity index (χ2v) is 8.36. The Morgan fingerprint density at radius 1 is 0.933 bits per heavy atom. The van der Waals surface area contributed by atoms with Gasteiger partial charge in [0, 0.05) is 18.9 Å². The fourth-order valence-electron chi connectivity index (χ4n) is 4.82. The first-order chi connectivity index (χ1) is 14.6. The number of hydrogen-bond donors (Lipinski definition) is 1. The third kappa shape index (κ3) is 3.48. The number of hydrogen-bond acceptors (Lipinski definition) is 3. The van der Waals surface area contributed by atoms with Crippen molar-refractivity contribution in [2.24, 2.45) is 0 Å². The molecule has 1 aliphatic heterocycles. The van der Waals surface area contributed by atoms with Gasteiger partial charge in [0.25, 0.3) is 0 Å². The monoisotopic (exact) mass is 399 g/mol. The summed E-state index contributed by atoms with van der Waals surface area (Å²) in [7, 11) is 0. The Kier molecular flexibility index (Phi) is 4.80. The van der Waals surface area contributed by atoms with Crippen molar-refractivity contribution in [1.82, 2.24) is 4.90 Å². The van der Waals surface area contributed by atoms with Crippen molar-refractivity contribution in [3.8, 4) is 11.1 Å². The van der Waals surface area contributed by atoms with Crippen molar-refractivity contribution in [2.75, 3.05) is 19.7 Å². The smallest absolute Gasteiger partial charge is 0.409 e. The van der Waals surface area contributed by atoms with Gasteiger partial charge < -0.3 is 14.7 Å². The molecule has 1 unspecified atom stereocenters. The van der Waals surface area contributed by atoms with Gasteiger partial charge in [-0.3, -0.25) is 0 Å². The Morgan fingerprint density at radius 2 is 1.53 bits per heavy atom. The predicted octanol–water partition coefficient (Wildman–Crippen LogP) is 4.62. The zero-order valence-electron chi connectivity index (χ0n) is 16.8. The first kappa shape index (κ1) is 18.9. The van der Waals surface area contributed by atoms with Crippen LogP contribution in [0.4, 0.5) is 4.79 Å². The lowest BCUT2D eigenvalue weighted by Crippen LogP contribution is -2.38. The average molecular weight is 399 g/mol. The van der Waals surface area contributed by atoms with Gasteiger partial charge in [0.05, 0.1) is 12.1 Å². The Morgan fingerprint density at radius 3 is 2.20 bits per heavy atom. The topological polar surface area (TPSA) is 49.8 Å². The summed E-state index contributed by atoms with van der Waals surface area (Å²) in [6.45, 7) is 1.12. The summed E-state index contributed by atoms with van der Waals surface area (Å²) in [4.78, 5) is 14.4. The Labute approximate surface area is 176 Å². The van der Waals surface area contributed by atoms with Crippen LogP contribution in [0, 0.1) is 0 Å². The third-order valence-electron chi connectivity index (χ3n) is 6.30. The molecule has 1 N–H and O–H groups in total. The van der Waals surface area contributed by atoms with E-state index in [1.54, 1.807) is 4.90 Å². The van der Waals surface area contributed by atoms with Gasteiger partial charge in [0.15, 0.2) is 0 Å². The van der Waals surface area contributed by atoms with Crippen LogP contribution >= 0.6 is 0 Å². The van der Waals surface area contributed by atoms with E-state index in [4.69, 9.17) is 4.74 Å². The molecule has 0 bridgehead atoms. The normalized spacial score (nSPS) is 20.1. The molecular weight excluding hydrogens is 374 g/mol. The van der Waals surface area contributed by atoms with Gasteiger partial charge in [-0.05, 0) is 34.2 Å². The Balaban J connectivity index is 1.25. The number of carbonyl (C=O) groups excluding carboxylic acids is 1. The van der Waals surface area contributed by atoms with E-state index in [-0.39, 0.29) is 12.0 Å². The minimum Gasteiger partial charge on any atom is -0.448 e. The number of benzene rings is 3. The van der Waals surface area contributed by atoms with Gasteiger partial charge >= 0.3 is 6.09 Å². The minimum absolute atomic E-state index is 0.0483. The molecule has 5 rings (SSSR count). The van der Waals surface area contributed by atoms with Gasteiger partial charge in [-0.25, -0.2) is 4.79 Å². The van der Waals surface area contributed by atoms with Crippen molar-refractivity contribution in [1.29, 1.82) is 0 Å². The summed E-state index contributed by atoms with van der Waals surface area (Å²) in [5.74, 6) is 0.0483. The van der Waals surface area contributed by atoms with E-state index >= 15 is 0 Å². The summed E-state index contributed by atoms with van der Waals surface area (Å²) in [5.41, 5.74) is 5.02. The summed E-state index contributed by atoms with van der Waals surface area (Å²) in [6, 6.07) is 26.5. The van der Waals surface area contributed by atoms with E-state index in [9.17, 15) is 9.90 Å². The Bertz CT molecular complexity index is 1020. The van der Waals surface area contributed by atoms with Gasteiger partial charge in [-0.2, -0.15) is 0 Å². The molecular formula is C26H25NO3. The molecule has 30 heavy (non-hydrogen) atoms. The second kappa shape index (κ2) is 7.62. The number of rotatable bonds is 4. The van der Waals surface area contributed by atoms with Crippen LogP contribution < -0.4 is 0 Å². The van der Waals surface area contributed by atoms with E-state index in [1.165, 1.54) is 22.3 Å². The van der Waals surface area contributed by atoms with Gasteiger partial charge in [0.2, 0.25) is 0 Å². The molecule has 4 heteroatoms. The van der Waals surface area contributed by atoms with Crippen LogP contribution in [0.25, 0.3) is 11.1 Å². The number of nitrogens with zero attached hydrogens (tertiary/aromatic N) is 1. The van der Waals surface area contributed by atoms with E-state index in [0.29, 0.717) is 32.5 Å². The molecule has 1 saturated heterocycles. The van der Waals surface area contributed by atoms with Crippen LogP contribution in [-0.4, -0.2) is 41.4 Å². The molecule has 1 amide bonds. The number of ether oxygens (including phenoxy) is 1. The molecule has 1 fully saturated rings. The maximum absolute atomic E-state index is 12.8. The molecule has 3 aromatic carbocycles. The fraction of sp³-hybridized carbons (Fsp3) is 0.269. The minimum atomic E-state index is -0.896. The number of likely N-dealkylation sites (tertiary alicyclic amines) is 1. The first-order valence-corrected chi connectivity index (χ1v) is 10.5. The molecule has 0 saturated carbocycles. The molecule has 152 valence electrons. The highest BCUT2D eigenvalue weighted by molar-refractivity contribution is 5.79. The summed E-state index contributed by atoms with van der Waals surface area (Å²) in [5, 5.41) is 11.0. The number of carbonyl (C=O) groups is 1. The molecule has 0 aromatic heterocycles. The quantitative estimate of drug-likeness (QED) is 0.697. The highest BCUT2D eigenvalue weighted by atomic mass is 16.6. The fourth-order valence-corrected chi connectivity index (χ4v) is 4.82. The summed E-state index contributed by atoms with van der Waals surface area (Å²) >= 11 is 0. The van der Waals surface area contributed by atoms with Crippen molar-refractivity contribution in [3.63, 3.8) is 0 Å². The van der Waals surface area contributed by atoms with E-state index in [2.05, 4.69) is 24.3 Å². The van der Waals surface area contributed by atoms with Gasteiger partial charge in [-0.15, -0.1) is 0 Å². The van der Waals surface area contributed by atoms with Crippen LogP contribution in [0.2, 0.25) is 0 Å². The molecule has 4 nitrogen and oxygen atoms in total. The predicted molar refractivity (Wildman–Crippen MR) is 116 cm³/mol. The van der Waals surface area contributed by atoms with Crippen molar-refractivity contribution >= 4 is 6.09 Å². The number of aliphatic hydroxyl groups is 1. The van der Waals surface area contributed by atoms with Crippen LogP contribution in [-0.2, 0) is 11.2 Å². The third-order valence-corrected chi connectivity index (χ3v) is 6.30. The number of fused-ring (bicyclic) bond motifs is 3. The second-order valence-electron chi connectivity index (χ2n) is 8.36. The van der Waals surface area contributed by atoms with Crippen molar-refractivity contribution < 1.29 is 14.6 Å². The molecule has 3 aromatic rings. The number of β-amino-alcohol motifs (C(OH)–C–C–N with tert-alkyl or cyclic N) is 1. The zero-order valence-corrected chi connectivity index (χ0v) is 16.8. The maximum atomic E-state index is 12.8. The molecule has 1 atom stereocenters. The highest BCUT2D eigenvalue weighted by Gasteiger charge is 2.39. The standard InChI is InChI=1S/C26H25NO3/c28-25(27-15-14-26(29,18-27)16-19-8-2-1-3-9-19)30-17-24-22-12-6-4-10-20(22)21-11-5-7-13-23(21)24/h1-13,24,29H,14-18H2. The zero-order chi connectivity index (χ0) is 20.6. The van der Waals surface area contributed by atoms with Crippen LogP contribution in [0.1, 0.15) is 29.0 Å². The molecule has 0 spiro atoms. The molecule has 0 radical (unpaired) electrons. The lowest BCUT2D eigenvalue weighted by molar-refractivity contribution is 0.0445. The first-order valence-electron chi connectivity index (χ1n) is 10.5. The largest absolute Gasteiger partial charge is 0.448 e. The lowest BCUT2D eigenvalue weighted by Gasteiger charge is -2.24. The van der Waals surface area contributed by atoms with E-state index in [1.807, 2.05) is 54.6 Å². The maximum Gasteiger partial charge on any atom is 0.409 e. The Hall–Kier alpha value is -3.11. The molecule has 1 heterocycles.